The van der Waals surface area contributed by atoms with Gasteiger partial charge in [-0.15, -0.1) is 0 Å². The maximum atomic E-state index is 6.45. The Morgan fingerprint density at radius 1 is 0.429 bits per heavy atom. The molecule has 0 unspecified atom stereocenters. The van der Waals surface area contributed by atoms with Crippen molar-refractivity contribution in [1.82, 2.24) is 4.67 Å². The first-order chi connectivity index (χ1) is 23.2. The largest absolute Gasteiger partial charge is 1.00 e. The van der Waals surface area contributed by atoms with Crippen molar-refractivity contribution in [1.29, 1.82) is 0 Å². The summed E-state index contributed by atoms with van der Waals surface area (Å²) in [6, 6.07) is 0. The van der Waals surface area contributed by atoms with Gasteiger partial charge in [-0.25, -0.2) is 4.67 Å². The molecule has 0 aromatic rings. The molecule has 0 rings (SSSR count). The number of hydrogen-bond donors (Lipinski definition) is 0. The molecule has 0 bridgehead atoms. The Bertz CT molecular complexity index is 652. The Morgan fingerprint density at radius 2 is 0.653 bits per heavy atom. The van der Waals surface area contributed by atoms with Gasteiger partial charge in [-0.2, -0.15) is 0 Å². The quantitative estimate of drug-likeness (QED) is 0.0348. The van der Waals surface area contributed by atoms with Crippen molar-refractivity contribution in [2.45, 2.75) is 219 Å². The topological polar surface area (TPSA) is 21.7 Å². The van der Waals surface area contributed by atoms with Crippen LogP contribution in [0, 0.1) is 0 Å². The van der Waals surface area contributed by atoms with E-state index in [1.54, 1.807) is 0 Å². The van der Waals surface area contributed by atoms with Gasteiger partial charge in [-0.1, -0.05) is 206 Å². The van der Waals surface area contributed by atoms with Crippen LogP contribution in [0.15, 0.2) is 0 Å². The lowest BCUT2D eigenvalue weighted by molar-refractivity contribution is -0.0000129. The summed E-state index contributed by atoms with van der Waals surface area (Å²) < 4.78 is 15.2. The normalized spacial score (nSPS) is 12.2. The molecule has 3 nitrogen and oxygen atoms in total. The molecule has 0 amide bonds. The first-order valence-corrected chi connectivity index (χ1v) is 27.6. The van der Waals surface area contributed by atoms with Gasteiger partial charge in [0, 0.05) is 33.8 Å². The predicted octanol–water partition coefficient (Wildman–Crippen LogP) is 12.6. The summed E-state index contributed by atoms with van der Waals surface area (Å²) in [5.41, 5.74) is 0. The molecule has 0 saturated heterocycles. The fourth-order valence-electron chi connectivity index (χ4n) is 6.46. The van der Waals surface area contributed by atoms with E-state index in [1.165, 1.54) is 199 Å². The van der Waals surface area contributed by atoms with E-state index in [0.29, 0.717) is 0 Å². The second-order valence-electron chi connectivity index (χ2n) is 16.1. The van der Waals surface area contributed by atoms with Crippen molar-refractivity contribution >= 4 is 25.7 Å². The Morgan fingerprint density at radius 3 is 0.878 bits per heavy atom. The molecule has 49 heavy (non-hydrogen) atoms. The molecule has 0 heterocycles. The molecule has 0 aliphatic heterocycles. The van der Waals surface area contributed by atoms with Gasteiger partial charge >= 0.3 is 0 Å². The summed E-state index contributed by atoms with van der Waals surface area (Å²) in [6.07, 6.45) is 45.7. The molecule has 7 heteroatoms. The van der Waals surface area contributed by atoms with Crippen molar-refractivity contribution < 1.29 is 33.0 Å². The Hall–Kier alpha value is 1.69. The minimum absolute atomic E-state index is 0. The van der Waals surface area contributed by atoms with E-state index in [-0.39, 0.29) is 24.0 Å². The zero-order valence-corrected chi connectivity index (χ0v) is 39.2. The molecule has 0 spiro atoms. The van der Waals surface area contributed by atoms with Gasteiger partial charge in [0.1, 0.15) is 0 Å². The predicted molar refractivity (Wildman–Crippen MR) is 227 cm³/mol. The monoisotopic (exact) mass is 862 g/mol. The first kappa shape index (κ1) is 52.8. The molecule has 0 radical (unpaired) electrons. The van der Waals surface area contributed by atoms with E-state index in [2.05, 4.69) is 45.6 Å². The standard InChI is InChI=1S/C42H90NO2P2S.HI/c1-7-9-11-13-15-17-19-21-23-25-27-29-31-33-35-37-40-44-47(48,43(3)39-42-46(4,5)6)45-41-38-36-34-32-30-28-26-24-22-20-18-16-14-12-10-8-2;/h7-42H2,1-6H3;1H/q+1;/p-1. The van der Waals surface area contributed by atoms with Crippen LogP contribution in [-0.2, 0) is 20.9 Å². The van der Waals surface area contributed by atoms with E-state index < -0.39 is 13.9 Å². The highest BCUT2D eigenvalue weighted by Crippen LogP contribution is 2.54. The van der Waals surface area contributed by atoms with Crippen LogP contribution >= 0.6 is 13.9 Å². The number of rotatable bonds is 40. The van der Waals surface area contributed by atoms with E-state index in [4.69, 9.17) is 20.9 Å². The smallest absolute Gasteiger partial charge is 0.263 e. The summed E-state index contributed by atoms with van der Waals surface area (Å²) in [5.74, 6) is 0. The Labute approximate surface area is 333 Å². The van der Waals surface area contributed by atoms with E-state index in [9.17, 15) is 0 Å². The minimum atomic E-state index is -2.39. The molecular weight excluding hydrogens is 771 g/mol. The van der Waals surface area contributed by atoms with E-state index >= 15 is 0 Å². The SMILES string of the molecule is CCCCCCCCCCCCCCCCCCOP(=S)(OCCCCCCCCCCCCCCCCCC)N(C)CC[P+](C)(C)C.[I-]. The number of nitrogens with zero attached hydrogens (tertiary/aromatic N) is 1. The summed E-state index contributed by atoms with van der Waals surface area (Å²) in [4.78, 5) is 0. The molecule has 0 saturated carbocycles. The van der Waals surface area contributed by atoms with Crippen molar-refractivity contribution in [2.75, 3.05) is 53.0 Å². The highest BCUT2D eigenvalue weighted by Gasteiger charge is 2.28. The van der Waals surface area contributed by atoms with Gasteiger partial charge in [-0.05, 0) is 31.7 Å². The van der Waals surface area contributed by atoms with Gasteiger partial charge < -0.3 is 33.0 Å². The van der Waals surface area contributed by atoms with Crippen LogP contribution in [0.1, 0.15) is 219 Å². The molecule has 0 aliphatic rings. The van der Waals surface area contributed by atoms with Crippen LogP contribution in [0.25, 0.3) is 0 Å². The third-order valence-corrected chi connectivity index (χ3v) is 15.1. The van der Waals surface area contributed by atoms with E-state index in [0.717, 1.165) is 32.6 Å². The molecule has 0 aromatic carbocycles. The van der Waals surface area contributed by atoms with Crippen molar-refractivity contribution in [2.24, 2.45) is 0 Å². The fourth-order valence-corrected chi connectivity index (χ4v) is 9.75. The van der Waals surface area contributed by atoms with Crippen LogP contribution in [0.4, 0.5) is 0 Å². The highest BCUT2D eigenvalue weighted by molar-refractivity contribution is 8.08. The lowest BCUT2D eigenvalue weighted by atomic mass is 10.0. The third kappa shape index (κ3) is 39.2. The van der Waals surface area contributed by atoms with Crippen LogP contribution in [0.5, 0.6) is 0 Å². The molecule has 298 valence electrons. The van der Waals surface area contributed by atoms with Crippen LogP contribution in [-0.4, -0.2) is 57.6 Å². The maximum Gasteiger partial charge on any atom is 0.263 e. The second-order valence-corrected chi connectivity index (χ2v) is 24.7. The van der Waals surface area contributed by atoms with Gasteiger partial charge in [-0.3, -0.25) is 0 Å². The van der Waals surface area contributed by atoms with Crippen molar-refractivity contribution in [3.05, 3.63) is 0 Å². The molecular formula is C42H90INO2P2S. The lowest BCUT2D eigenvalue weighted by Gasteiger charge is -2.31. The van der Waals surface area contributed by atoms with Crippen molar-refractivity contribution in [3.8, 4) is 0 Å². The minimum Gasteiger partial charge on any atom is -1.00 e. The average Bonchev–Trinajstić information content (AvgIpc) is 3.06. The number of halogens is 1. The fraction of sp³-hybridized carbons (Fsp3) is 1.00. The van der Waals surface area contributed by atoms with Crippen LogP contribution < -0.4 is 24.0 Å². The molecule has 0 aliphatic carbocycles. The van der Waals surface area contributed by atoms with Crippen LogP contribution in [0.3, 0.4) is 0 Å². The number of hydrogen-bond acceptors (Lipinski definition) is 3. The van der Waals surface area contributed by atoms with Crippen molar-refractivity contribution in [3.63, 3.8) is 0 Å². The maximum absolute atomic E-state index is 6.45. The Balaban J connectivity index is 0. The highest BCUT2D eigenvalue weighted by atomic mass is 127. The second kappa shape index (κ2) is 39.4. The van der Waals surface area contributed by atoms with Gasteiger partial charge in [0.25, 0.3) is 6.64 Å². The molecule has 0 N–H and O–H groups in total. The zero-order valence-electron chi connectivity index (χ0n) is 34.4. The van der Waals surface area contributed by atoms with E-state index in [1.807, 2.05) is 0 Å². The molecule has 0 fully saturated rings. The summed E-state index contributed by atoms with van der Waals surface area (Å²) in [7, 11) is 1.30. The first-order valence-electron chi connectivity index (χ1n) is 21.7. The summed E-state index contributed by atoms with van der Waals surface area (Å²) in [5, 5.41) is 0. The van der Waals surface area contributed by atoms with Gasteiger partial charge in [0.2, 0.25) is 0 Å². The Kier molecular flexibility index (Phi) is 42.4. The van der Waals surface area contributed by atoms with Crippen LogP contribution in [0.2, 0.25) is 0 Å². The average molecular weight is 862 g/mol. The van der Waals surface area contributed by atoms with Gasteiger partial charge in [0.15, 0.2) is 0 Å². The van der Waals surface area contributed by atoms with Gasteiger partial charge in [0.05, 0.1) is 19.4 Å². The molecule has 0 atom stereocenters. The lowest BCUT2D eigenvalue weighted by Crippen LogP contribution is -3.00. The molecule has 0 aromatic heterocycles. The summed E-state index contributed by atoms with van der Waals surface area (Å²) >= 11 is 6.14. The summed E-state index contributed by atoms with van der Waals surface area (Å²) in [6.45, 7) is 12.0. The number of unbranched alkanes of at least 4 members (excludes halogenated alkanes) is 30. The third-order valence-electron chi connectivity index (χ3n) is 10.0. The zero-order chi connectivity index (χ0) is 35.4.